The molecule has 6 rings (SSSR count). The zero-order chi connectivity index (χ0) is 44.9. The maximum Gasteiger partial charge on any atom is 0.255 e. The monoisotopic (exact) mass is 871 g/mol. The van der Waals surface area contributed by atoms with E-state index in [1.807, 2.05) is 54.6 Å². The molecule has 1 heterocycles. The number of aryl methyl sites for hydroxylation is 2. The third-order valence-corrected chi connectivity index (χ3v) is 11.1. The zero-order valence-corrected chi connectivity index (χ0v) is 37.0. The van der Waals surface area contributed by atoms with Crippen LogP contribution in [0.15, 0.2) is 109 Å². The van der Waals surface area contributed by atoms with Gasteiger partial charge in [-0.1, -0.05) is 36.4 Å². The van der Waals surface area contributed by atoms with Crippen LogP contribution in [0.4, 0.5) is 11.4 Å². The number of carbonyl (C=O) groups is 3. The molecule has 4 aromatic carbocycles. The van der Waals surface area contributed by atoms with E-state index >= 15 is 0 Å². The normalized spacial score (nSPS) is 13.2. The number of hydrogen-bond acceptors (Lipinski definition) is 10. The van der Waals surface area contributed by atoms with Gasteiger partial charge in [0.1, 0.15) is 5.75 Å². The predicted octanol–water partition coefficient (Wildman–Crippen LogP) is 7.79. The van der Waals surface area contributed by atoms with E-state index in [1.54, 1.807) is 30.5 Å². The number of phenolic OH excluding ortho intramolecular Hbond substituents is 1. The summed E-state index contributed by atoms with van der Waals surface area (Å²) in [5.74, 6) is -0.498. The Morgan fingerprint density at radius 2 is 1.41 bits per heavy atom. The topological polar surface area (TPSA) is 161 Å². The van der Waals surface area contributed by atoms with Crippen LogP contribution >= 0.6 is 0 Å². The maximum atomic E-state index is 13.8. The van der Waals surface area contributed by atoms with Crippen LogP contribution < -0.4 is 20.9 Å². The number of fused-ring (bicyclic) bond motifs is 1. The number of hydrogen-bond donors (Lipinski definition) is 4. The van der Waals surface area contributed by atoms with Crippen LogP contribution in [0.2, 0.25) is 0 Å². The van der Waals surface area contributed by atoms with Gasteiger partial charge in [0.25, 0.3) is 17.7 Å². The van der Waals surface area contributed by atoms with Gasteiger partial charge in [-0.3, -0.25) is 19.4 Å². The third kappa shape index (κ3) is 14.2. The molecule has 5 aromatic rings. The molecule has 64 heavy (non-hydrogen) atoms. The Morgan fingerprint density at radius 3 is 2.16 bits per heavy atom. The van der Waals surface area contributed by atoms with Crippen molar-refractivity contribution in [2.24, 2.45) is 0 Å². The minimum atomic E-state index is -0.235. The molecule has 0 aliphatic heterocycles. The van der Waals surface area contributed by atoms with Crippen LogP contribution in [0, 0.1) is 0 Å². The average Bonchev–Trinajstić information content (AvgIpc) is 3.32. The first-order valence-electron chi connectivity index (χ1n) is 22.4. The Morgan fingerprint density at radius 1 is 0.703 bits per heavy atom. The van der Waals surface area contributed by atoms with Crippen LogP contribution in [0.3, 0.4) is 0 Å². The highest BCUT2D eigenvalue weighted by atomic mass is 16.6. The first kappa shape index (κ1) is 47.4. The van der Waals surface area contributed by atoms with Gasteiger partial charge in [-0.2, -0.15) is 0 Å². The molecule has 338 valence electrons. The summed E-state index contributed by atoms with van der Waals surface area (Å²) < 4.78 is 22.4. The predicted molar refractivity (Wildman–Crippen MR) is 249 cm³/mol. The quantitative estimate of drug-likeness (QED) is 0.0427. The molecule has 3 amide bonds. The summed E-state index contributed by atoms with van der Waals surface area (Å²) >= 11 is 0. The standard InChI is InChI=1S/C51H61N5O8/c1-3-56(4-2)42-19-22-47(45(36-42)48-35-41(23-24-52-48)51(60)54-46-16-8-13-38-12-5-6-15-44(38)46)55-50(59)40-14-7-10-37(34-40)11-9-26-61-28-30-63-32-33-64-31-29-62-27-25-53-49(58)39-17-20-43(57)21-18-39/h5-7,10,12,14-15,17-24,34-36,46,57H,3-4,8-9,11,13,16,25-33H2,1-2H3,(H,53,58)(H,54,60)(H,55,59)/t46-/m0/s1. The van der Waals surface area contributed by atoms with Gasteiger partial charge in [-0.05, 0) is 129 Å². The van der Waals surface area contributed by atoms with Crippen LogP contribution in [0.1, 0.15) is 86.9 Å². The molecule has 0 fully saturated rings. The van der Waals surface area contributed by atoms with Crippen molar-refractivity contribution in [1.29, 1.82) is 0 Å². The summed E-state index contributed by atoms with van der Waals surface area (Å²) in [6, 6.07) is 31.5. The Labute approximate surface area is 376 Å². The molecule has 1 atom stereocenters. The van der Waals surface area contributed by atoms with E-state index in [4.69, 9.17) is 23.9 Å². The van der Waals surface area contributed by atoms with Crippen LogP contribution in [-0.2, 0) is 31.8 Å². The van der Waals surface area contributed by atoms with E-state index in [1.165, 1.54) is 23.3 Å². The highest BCUT2D eigenvalue weighted by Gasteiger charge is 2.23. The van der Waals surface area contributed by atoms with Crippen LogP contribution in [0.5, 0.6) is 5.75 Å². The molecule has 4 N–H and O–H groups in total. The lowest BCUT2D eigenvalue weighted by Gasteiger charge is -2.26. The summed E-state index contributed by atoms with van der Waals surface area (Å²) in [7, 11) is 0. The molecule has 1 aliphatic carbocycles. The molecule has 0 saturated heterocycles. The second kappa shape index (κ2) is 25.2. The third-order valence-electron chi connectivity index (χ3n) is 11.1. The van der Waals surface area contributed by atoms with Crippen molar-refractivity contribution in [2.75, 3.05) is 82.7 Å². The Balaban J connectivity index is 0.912. The number of benzene rings is 4. The number of phenols is 1. The summed E-state index contributed by atoms with van der Waals surface area (Å²) in [6.45, 7) is 9.77. The molecular weight excluding hydrogens is 811 g/mol. The Bertz CT molecular complexity index is 2260. The molecule has 0 unspecified atom stereocenters. The fourth-order valence-corrected chi connectivity index (χ4v) is 7.66. The lowest BCUT2D eigenvalue weighted by atomic mass is 9.87. The van der Waals surface area contributed by atoms with Crippen molar-refractivity contribution < 1.29 is 38.4 Å². The smallest absolute Gasteiger partial charge is 0.255 e. The maximum absolute atomic E-state index is 13.8. The Kier molecular flexibility index (Phi) is 18.7. The van der Waals surface area contributed by atoms with E-state index in [-0.39, 0.29) is 29.5 Å². The minimum absolute atomic E-state index is 0.0463. The van der Waals surface area contributed by atoms with E-state index in [0.717, 1.165) is 62.0 Å². The van der Waals surface area contributed by atoms with Crippen molar-refractivity contribution in [3.8, 4) is 17.0 Å². The summed E-state index contributed by atoms with van der Waals surface area (Å²) in [5, 5.41) is 18.5. The van der Waals surface area contributed by atoms with Gasteiger partial charge >= 0.3 is 0 Å². The molecule has 0 saturated carbocycles. The van der Waals surface area contributed by atoms with Gasteiger partial charge in [0.2, 0.25) is 0 Å². The van der Waals surface area contributed by atoms with E-state index in [2.05, 4.69) is 46.8 Å². The molecular formula is C51H61N5O8. The number of amides is 3. The van der Waals surface area contributed by atoms with Gasteiger partial charge in [0.15, 0.2) is 0 Å². The minimum Gasteiger partial charge on any atom is -0.508 e. The molecule has 1 aromatic heterocycles. The lowest BCUT2D eigenvalue weighted by molar-refractivity contribution is -0.00158. The Hall–Kier alpha value is -6.12. The van der Waals surface area contributed by atoms with Crippen LogP contribution in [-0.4, -0.2) is 100 Å². The largest absolute Gasteiger partial charge is 0.508 e. The van der Waals surface area contributed by atoms with Crippen LogP contribution in [0.25, 0.3) is 11.3 Å². The first-order chi connectivity index (χ1) is 31.3. The second-order valence-corrected chi connectivity index (χ2v) is 15.5. The number of nitrogens with one attached hydrogen (secondary N) is 3. The number of carbonyl (C=O) groups excluding carboxylic acids is 3. The van der Waals surface area contributed by atoms with Crippen molar-refractivity contribution >= 4 is 29.1 Å². The fraction of sp³-hybridized carbons (Fsp3) is 0.373. The number of nitrogens with zero attached hydrogens (tertiary/aromatic N) is 2. The van der Waals surface area contributed by atoms with Gasteiger partial charge in [-0.25, -0.2) is 0 Å². The van der Waals surface area contributed by atoms with E-state index < -0.39 is 0 Å². The number of ether oxygens (including phenoxy) is 4. The van der Waals surface area contributed by atoms with Crippen molar-refractivity contribution in [1.82, 2.24) is 15.6 Å². The molecule has 0 spiro atoms. The molecule has 13 nitrogen and oxygen atoms in total. The number of anilines is 2. The second-order valence-electron chi connectivity index (χ2n) is 15.5. The number of aromatic nitrogens is 1. The highest BCUT2D eigenvalue weighted by Crippen LogP contribution is 2.33. The highest BCUT2D eigenvalue weighted by molar-refractivity contribution is 6.06. The zero-order valence-electron chi connectivity index (χ0n) is 37.0. The number of pyridine rings is 1. The van der Waals surface area contributed by atoms with Gasteiger partial charge in [0, 0.05) is 60.4 Å². The summed E-state index contributed by atoms with van der Waals surface area (Å²) in [6.07, 6.45) is 6.12. The van der Waals surface area contributed by atoms with Crippen molar-refractivity contribution in [3.05, 3.63) is 143 Å². The lowest BCUT2D eigenvalue weighted by Crippen LogP contribution is -2.31. The number of aromatic hydroxyl groups is 1. The first-order valence-corrected chi connectivity index (χ1v) is 22.4. The fourth-order valence-electron chi connectivity index (χ4n) is 7.66. The van der Waals surface area contributed by atoms with Gasteiger partial charge < -0.3 is 44.9 Å². The molecule has 0 radical (unpaired) electrons. The molecule has 1 aliphatic rings. The summed E-state index contributed by atoms with van der Waals surface area (Å²) in [5.41, 5.74) is 7.96. The number of rotatable bonds is 25. The van der Waals surface area contributed by atoms with Gasteiger partial charge in [0.05, 0.1) is 63.7 Å². The molecule has 13 heteroatoms. The SMILES string of the molecule is CCN(CC)c1ccc(NC(=O)c2cccc(CCCOCCOCCOCCOCCNC(=O)c3ccc(O)cc3)c2)c(-c2cc(C(=O)N[C@H]3CCCc4ccccc43)ccn2)c1. The van der Waals surface area contributed by atoms with Crippen molar-refractivity contribution in [2.45, 2.75) is 52.0 Å². The van der Waals surface area contributed by atoms with Crippen molar-refractivity contribution in [3.63, 3.8) is 0 Å². The average molecular weight is 872 g/mol. The van der Waals surface area contributed by atoms with E-state index in [9.17, 15) is 19.5 Å². The van der Waals surface area contributed by atoms with Gasteiger partial charge in [-0.15, -0.1) is 0 Å². The molecule has 0 bridgehead atoms. The summed E-state index contributed by atoms with van der Waals surface area (Å²) in [4.78, 5) is 46.4. The van der Waals surface area contributed by atoms with E-state index in [0.29, 0.717) is 87.5 Å².